The molecule has 23 heavy (non-hydrogen) atoms. The van der Waals surface area contributed by atoms with Crippen molar-refractivity contribution in [3.63, 3.8) is 0 Å². The zero-order valence-corrected chi connectivity index (χ0v) is 13.9. The number of aromatic nitrogens is 4. The molecule has 0 N–H and O–H groups in total. The van der Waals surface area contributed by atoms with E-state index in [1.807, 2.05) is 12.1 Å². The first-order chi connectivity index (χ1) is 11.3. The van der Waals surface area contributed by atoms with Gasteiger partial charge >= 0.3 is 0 Å². The van der Waals surface area contributed by atoms with E-state index < -0.39 is 0 Å². The first kappa shape index (κ1) is 14.4. The monoisotopic (exact) mass is 309 g/mol. The van der Waals surface area contributed by atoms with Crippen LogP contribution in [0.5, 0.6) is 0 Å². The molecular weight excluding hydrogens is 286 g/mol. The Labute approximate surface area is 136 Å². The Balaban J connectivity index is 1.92. The Bertz CT molecular complexity index is 832. The molecule has 5 nitrogen and oxygen atoms in total. The fraction of sp³-hybridized carbons (Fsp3) is 0.500. The standard InChI is InChI=1S/C18H23N5/c1-3-16-20-21-18-17(22(2)13-9-5-4-6-10-13)19-14-11-7-8-12-15(14)23(16)18/h7-8,11-13H,3-6,9-10H2,1-2H3. The quantitative estimate of drug-likeness (QED) is 0.741. The highest BCUT2D eigenvalue weighted by atomic mass is 15.3. The number of fused-ring (bicyclic) bond motifs is 3. The van der Waals surface area contributed by atoms with Crippen molar-refractivity contribution >= 4 is 22.5 Å². The van der Waals surface area contributed by atoms with Gasteiger partial charge in [-0.3, -0.25) is 4.40 Å². The average Bonchev–Trinajstić information content (AvgIpc) is 3.05. The largest absolute Gasteiger partial charge is 0.354 e. The number of hydrogen-bond acceptors (Lipinski definition) is 4. The molecule has 0 bridgehead atoms. The summed E-state index contributed by atoms with van der Waals surface area (Å²) in [5.74, 6) is 1.96. The van der Waals surface area contributed by atoms with Gasteiger partial charge in [-0.2, -0.15) is 0 Å². The Kier molecular flexibility index (Phi) is 3.63. The summed E-state index contributed by atoms with van der Waals surface area (Å²) < 4.78 is 2.18. The fourth-order valence-electron chi connectivity index (χ4n) is 3.73. The van der Waals surface area contributed by atoms with Crippen LogP contribution < -0.4 is 4.90 Å². The van der Waals surface area contributed by atoms with E-state index in [4.69, 9.17) is 4.98 Å². The van der Waals surface area contributed by atoms with Gasteiger partial charge in [0.1, 0.15) is 5.82 Å². The third-order valence-electron chi connectivity index (χ3n) is 5.05. The van der Waals surface area contributed by atoms with Gasteiger partial charge in [0.05, 0.1) is 11.0 Å². The molecule has 5 heteroatoms. The molecule has 0 amide bonds. The fourth-order valence-corrected chi connectivity index (χ4v) is 3.73. The lowest BCUT2D eigenvalue weighted by Gasteiger charge is -2.32. The molecule has 2 aromatic heterocycles. The minimum Gasteiger partial charge on any atom is -0.354 e. The van der Waals surface area contributed by atoms with Crippen molar-refractivity contribution in [2.45, 2.75) is 51.5 Å². The molecule has 2 heterocycles. The zero-order chi connectivity index (χ0) is 15.8. The van der Waals surface area contributed by atoms with Gasteiger partial charge in [-0.05, 0) is 25.0 Å². The maximum absolute atomic E-state index is 4.93. The van der Waals surface area contributed by atoms with Gasteiger partial charge in [0.25, 0.3) is 0 Å². The van der Waals surface area contributed by atoms with E-state index in [0.717, 1.165) is 34.7 Å². The van der Waals surface area contributed by atoms with E-state index >= 15 is 0 Å². The van der Waals surface area contributed by atoms with Crippen LogP contribution in [0.3, 0.4) is 0 Å². The number of para-hydroxylation sites is 2. The molecule has 4 rings (SSSR count). The van der Waals surface area contributed by atoms with Crippen molar-refractivity contribution in [3.8, 4) is 0 Å². The van der Waals surface area contributed by atoms with E-state index in [9.17, 15) is 0 Å². The number of aryl methyl sites for hydroxylation is 1. The van der Waals surface area contributed by atoms with Crippen molar-refractivity contribution in [2.75, 3.05) is 11.9 Å². The first-order valence-electron chi connectivity index (χ1n) is 8.65. The lowest BCUT2D eigenvalue weighted by molar-refractivity contribution is 0.426. The van der Waals surface area contributed by atoms with Crippen LogP contribution in [0, 0.1) is 0 Å². The van der Waals surface area contributed by atoms with Crippen molar-refractivity contribution < 1.29 is 0 Å². The summed E-state index contributed by atoms with van der Waals surface area (Å²) >= 11 is 0. The van der Waals surface area contributed by atoms with Crippen LogP contribution in [-0.2, 0) is 6.42 Å². The summed E-state index contributed by atoms with van der Waals surface area (Å²) in [6.45, 7) is 2.12. The van der Waals surface area contributed by atoms with Gasteiger partial charge in [0.15, 0.2) is 5.82 Å². The van der Waals surface area contributed by atoms with Gasteiger partial charge in [-0.25, -0.2) is 4.98 Å². The first-order valence-corrected chi connectivity index (χ1v) is 8.65. The van der Waals surface area contributed by atoms with Gasteiger partial charge in [-0.15, -0.1) is 10.2 Å². The highest BCUT2D eigenvalue weighted by Crippen LogP contribution is 2.29. The molecular formula is C18H23N5. The van der Waals surface area contributed by atoms with Crippen LogP contribution in [0.25, 0.3) is 16.7 Å². The van der Waals surface area contributed by atoms with E-state index in [1.165, 1.54) is 32.1 Å². The van der Waals surface area contributed by atoms with Crippen molar-refractivity contribution in [1.82, 2.24) is 19.6 Å². The van der Waals surface area contributed by atoms with Crippen molar-refractivity contribution in [3.05, 3.63) is 30.1 Å². The second-order valence-corrected chi connectivity index (χ2v) is 6.46. The van der Waals surface area contributed by atoms with Gasteiger partial charge in [-0.1, -0.05) is 38.3 Å². The summed E-state index contributed by atoms with van der Waals surface area (Å²) in [7, 11) is 2.16. The molecule has 1 aliphatic carbocycles. The van der Waals surface area contributed by atoms with Gasteiger partial charge < -0.3 is 4.90 Å². The maximum atomic E-state index is 4.93. The van der Waals surface area contributed by atoms with E-state index in [1.54, 1.807) is 0 Å². The van der Waals surface area contributed by atoms with Gasteiger partial charge in [0, 0.05) is 19.5 Å². The van der Waals surface area contributed by atoms with Crippen molar-refractivity contribution in [1.29, 1.82) is 0 Å². The summed E-state index contributed by atoms with van der Waals surface area (Å²) in [6.07, 6.45) is 7.33. The van der Waals surface area contributed by atoms with Crippen LogP contribution in [0.4, 0.5) is 5.82 Å². The summed E-state index contributed by atoms with van der Waals surface area (Å²) in [5, 5.41) is 8.86. The molecule has 1 aromatic carbocycles. The second kappa shape index (κ2) is 5.80. The van der Waals surface area contributed by atoms with Crippen LogP contribution in [0.1, 0.15) is 44.9 Å². The summed E-state index contributed by atoms with van der Waals surface area (Å²) in [6, 6.07) is 8.83. The second-order valence-electron chi connectivity index (χ2n) is 6.46. The molecule has 0 aliphatic heterocycles. The molecule has 0 saturated heterocycles. The van der Waals surface area contributed by atoms with E-state index in [2.05, 4.69) is 45.6 Å². The average molecular weight is 309 g/mol. The number of hydrogen-bond donors (Lipinski definition) is 0. The maximum Gasteiger partial charge on any atom is 0.204 e. The third-order valence-corrected chi connectivity index (χ3v) is 5.05. The highest BCUT2D eigenvalue weighted by Gasteiger charge is 2.23. The molecule has 3 aromatic rings. The number of benzene rings is 1. The molecule has 0 spiro atoms. The van der Waals surface area contributed by atoms with Crippen LogP contribution in [0.2, 0.25) is 0 Å². The minimum absolute atomic E-state index is 0.558. The Morgan fingerprint density at radius 3 is 2.70 bits per heavy atom. The third kappa shape index (κ3) is 2.35. The molecule has 1 fully saturated rings. The lowest BCUT2D eigenvalue weighted by atomic mass is 9.94. The lowest BCUT2D eigenvalue weighted by Crippen LogP contribution is -2.34. The molecule has 0 atom stereocenters. The Morgan fingerprint density at radius 1 is 1.13 bits per heavy atom. The van der Waals surface area contributed by atoms with Crippen LogP contribution in [-0.4, -0.2) is 32.7 Å². The Hall–Kier alpha value is -2.17. The van der Waals surface area contributed by atoms with Crippen molar-refractivity contribution in [2.24, 2.45) is 0 Å². The minimum atomic E-state index is 0.558. The SMILES string of the molecule is CCc1nnc2c(N(C)C3CCCCC3)nc3ccccc3n12. The molecule has 120 valence electrons. The molecule has 0 unspecified atom stereocenters. The topological polar surface area (TPSA) is 46.3 Å². The summed E-state index contributed by atoms with van der Waals surface area (Å²) in [5.41, 5.74) is 2.98. The normalized spacial score (nSPS) is 16.3. The van der Waals surface area contributed by atoms with Crippen LogP contribution >= 0.6 is 0 Å². The highest BCUT2D eigenvalue weighted by molar-refractivity contribution is 5.83. The predicted octanol–water partition coefficient (Wildman–Crippen LogP) is 3.61. The number of nitrogens with zero attached hydrogens (tertiary/aromatic N) is 5. The predicted molar refractivity (Wildman–Crippen MR) is 92.9 cm³/mol. The Morgan fingerprint density at radius 2 is 1.91 bits per heavy atom. The number of rotatable bonds is 3. The molecule has 1 aliphatic rings. The van der Waals surface area contributed by atoms with Crippen LogP contribution in [0.15, 0.2) is 24.3 Å². The van der Waals surface area contributed by atoms with E-state index in [-0.39, 0.29) is 0 Å². The smallest absolute Gasteiger partial charge is 0.204 e. The zero-order valence-electron chi connectivity index (χ0n) is 13.9. The van der Waals surface area contributed by atoms with Gasteiger partial charge in [0.2, 0.25) is 5.65 Å². The molecule has 0 radical (unpaired) electrons. The van der Waals surface area contributed by atoms with E-state index in [0.29, 0.717) is 6.04 Å². The number of anilines is 1. The summed E-state index contributed by atoms with van der Waals surface area (Å²) in [4.78, 5) is 7.26. The molecule has 1 saturated carbocycles.